The molecule has 176 valence electrons. The van der Waals surface area contributed by atoms with E-state index >= 15 is 0 Å². The molecule has 0 bridgehead atoms. The van der Waals surface area contributed by atoms with E-state index in [1.54, 1.807) is 28.8 Å². The van der Waals surface area contributed by atoms with E-state index in [1.807, 2.05) is 36.4 Å². The number of benzene rings is 3. The average molecular weight is 490 g/mol. The predicted octanol–water partition coefficient (Wildman–Crippen LogP) is 5.23. The highest BCUT2D eigenvalue weighted by molar-refractivity contribution is 6.30. The summed E-state index contributed by atoms with van der Waals surface area (Å²) < 4.78 is 7.02. The summed E-state index contributed by atoms with van der Waals surface area (Å²) in [6.07, 6.45) is 1.95. The fourth-order valence-corrected chi connectivity index (χ4v) is 4.49. The highest BCUT2D eigenvalue weighted by Gasteiger charge is 2.39. The fraction of sp³-hybridized carbons (Fsp3) is 0.160. The second kappa shape index (κ2) is 9.19. The summed E-state index contributed by atoms with van der Waals surface area (Å²) in [5.41, 5.74) is 2.11. The molecule has 0 N–H and O–H groups in total. The van der Waals surface area contributed by atoms with E-state index in [9.17, 15) is 14.9 Å². The molecule has 35 heavy (non-hydrogen) atoms. The van der Waals surface area contributed by atoms with E-state index in [0.717, 1.165) is 16.9 Å². The van der Waals surface area contributed by atoms with Gasteiger partial charge in [0.05, 0.1) is 24.1 Å². The maximum Gasteiger partial charge on any atom is 0.269 e. The smallest absolute Gasteiger partial charge is 0.269 e. The number of ether oxygens (including phenoxy) is 1. The second-order valence-corrected chi connectivity index (χ2v) is 8.51. The molecule has 2 heterocycles. The zero-order valence-electron chi connectivity index (χ0n) is 18.6. The summed E-state index contributed by atoms with van der Waals surface area (Å²) in [5, 5.41) is 16.1. The number of non-ortho nitro benzene ring substituents is 1. The SMILES string of the molecule is COc1ccc(C2CC(c3ccc(Cl)cc3)N(C(=O)c3ccc([N+](=O)[O-])cc3)c3ncnn32)cc1. The highest BCUT2D eigenvalue weighted by Crippen LogP contribution is 2.43. The molecule has 1 aromatic heterocycles. The lowest BCUT2D eigenvalue weighted by Crippen LogP contribution is -2.42. The van der Waals surface area contributed by atoms with Gasteiger partial charge >= 0.3 is 0 Å². The van der Waals surface area contributed by atoms with E-state index in [1.165, 1.54) is 30.6 Å². The Morgan fingerprint density at radius 2 is 1.63 bits per heavy atom. The Balaban J connectivity index is 1.60. The molecule has 1 aliphatic rings. The van der Waals surface area contributed by atoms with Crippen molar-refractivity contribution in [2.24, 2.45) is 0 Å². The van der Waals surface area contributed by atoms with E-state index in [4.69, 9.17) is 16.3 Å². The van der Waals surface area contributed by atoms with Crippen molar-refractivity contribution in [3.8, 4) is 5.75 Å². The van der Waals surface area contributed by atoms with E-state index in [2.05, 4.69) is 10.1 Å². The lowest BCUT2D eigenvalue weighted by molar-refractivity contribution is -0.384. The van der Waals surface area contributed by atoms with Crippen molar-refractivity contribution in [3.05, 3.63) is 111 Å². The van der Waals surface area contributed by atoms with Gasteiger partial charge in [0.25, 0.3) is 11.6 Å². The van der Waals surface area contributed by atoms with E-state index in [0.29, 0.717) is 23.0 Å². The van der Waals surface area contributed by atoms with Gasteiger partial charge in [0.1, 0.15) is 12.1 Å². The third kappa shape index (κ3) is 4.22. The summed E-state index contributed by atoms with van der Waals surface area (Å²) >= 11 is 6.13. The molecule has 0 saturated heterocycles. The first-order valence-corrected chi connectivity index (χ1v) is 11.2. The number of hydrogen-bond donors (Lipinski definition) is 0. The molecule has 0 spiro atoms. The molecular formula is C25H20ClN5O4. The standard InChI is InChI=1S/C25H20ClN5O4/c1-35-21-12-6-17(7-13-21)23-14-22(16-2-8-19(26)9-3-16)29(25-27-15-28-30(23)25)24(32)18-4-10-20(11-5-18)31(33)34/h2-13,15,22-23H,14H2,1H3. The molecule has 0 aliphatic carbocycles. The minimum absolute atomic E-state index is 0.0859. The van der Waals surface area contributed by atoms with Crippen molar-refractivity contribution in [1.29, 1.82) is 0 Å². The predicted molar refractivity (Wildman–Crippen MR) is 130 cm³/mol. The molecule has 1 amide bonds. The second-order valence-electron chi connectivity index (χ2n) is 8.08. The van der Waals surface area contributed by atoms with Crippen molar-refractivity contribution in [3.63, 3.8) is 0 Å². The van der Waals surface area contributed by atoms with Gasteiger partial charge in [-0.05, 0) is 53.9 Å². The minimum atomic E-state index is -0.498. The number of halogens is 1. The number of nitro benzene ring substituents is 1. The van der Waals surface area contributed by atoms with Crippen LogP contribution in [0, 0.1) is 10.1 Å². The number of nitro groups is 1. The summed E-state index contributed by atoms with van der Waals surface area (Å²) in [5.74, 6) is 0.801. The first-order chi connectivity index (χ1) is 17.0. The Hall–Kier alpha value is -4.24. The van der Waals surface area contributed by atoms with Crippen LogP contribution in [0.15, 0.2) is 79.1 Å². The Labute approximate surface area is 205 Å². The highest BCUT2D eigenvalue weighted by atomic mass is 35.5. The van der Waals surface area contributed by atoms with Crippen LogP contribution >= 0.6 is 11.6 Å². The van der Waals surface area contributed by atoms with Gasteiger partial charge < -0.3 is 4.74 Å². The van der Waals surface area contributed by atoms with Crippen LogP contribution in [0.25, 0.3) is 0 Å². The Morgan fingerprint density at radius 1 is 1.00 bits per heavy atom. The molecule has 0 fully saturated rings. The zero-order chi connectivity index (χ0) is 24.5. The van der Waals surface area contributed by atoms with E-state index < -0.39 is 4.92 Å². The fourth-order valence-electron chi connectivity index (χ4n) is 4.36. The Morgan fingerprint density at radius 3 is 2.26 bits per heavy atom. The number of amides is 1. The number of carbonyl (C=O) groups is 1. The molecule has 3 aromatic carbocycles. The van der Waals surface area contributed by atoms with Crippen LogP contribution in [0.1, 0.15) is 40.0 Å². The van der Waals surface area contributed by atoms with Crippen molar-refractivity contribution < 1.29 is 14.5 Å². The van der Waals surface area contributed by atoms with Crippen molar-refractivity contribution in [2.45, 2.75) is 18.5 Å². The van der Waals surface area contributed by atoms with Crippen LogP contribution in [0.5, 0.6) is 5.75 Å². The molecule has 10 heteroatoms. The molecule has 2 atom stereocenters. The number of rotatable bonds is 5. The largest absolute Gasteiger partial charge is 0.497 e. The monoisotopic (exact) mass is 489 g/mol. The third-order valence-corrected chi connectivity index (χ3v) is 6.37. The topological polar surface area (TPSA) is 103 Å². The molecule has 0 saturated carbocycles. The lowest BCUT2D eigenvalue weighted by Gasteiger charge is -2.39. The average Bonchev–Trinajstić information content (AvgIpc) is 3.38. The molecule has 9 nitrogen and oxygen atoms in total. The van der Waals surface area contributed by atoms with Crippen LogP contribution in [0.2, 0.25) is 5.02 Å². The van der Waals surface area contributed by atoms with Crippen molar-refractivity contribution in [1.82, 2.24) is 14.8 Å². The molecule has 4 aromatic rings. The number of methoxy groups -OCH3 is 1. The van der Waals surface area contributed by atoms with Crippen LogP contribution < -0.4 is 9.64 Å². The summed E-state index contributed by atoms with van der Waals surface area (Å²) in [6.45, 7) is 0. The van der Waals surface area contributed by atoms with Gasteiger partial charge in [0, 0.05) is 22.7 Å². The zero-order valence-corrected chi connectivity index (χ0v) is 19.4. The van der Waals surface area contributed by atoms with Crippen LogP contribution in [0.3, 0.4) is 0 Å². The molecule has 5 rings (SSSR count). The maximum absolute atomic E-state index is 13.8. The number of hydrogen-bond acceptors (Lipinski definition) is 6. The third-order valence-electron chi connectivity index (χ3n) is 6.12. The maximum atomic E-state index is 13.8. The van der Waals surface area contributed by atoms with Gasteiger partial charge in [-0.15, -0.1) is 0 Å². The number of fused-ring (bicyclic) bond motifs is 1. The summed E-state index contributed by atoms with van der Waals surface area (Å²) in [7, 11) is 1.61. The Kier molecular flexibility index (Phi) is 5.92. The van der Waals surface area contributed by atoms with Crippen LogP contribution in [-0.4, -0.2) is 32.7 Å². The van der Waals surface area contributed by atoms with E-state index in [-0.39, 0.29) is 23.7 Å². The van der Waals surface area contributed by atoms with Crippen LogP contribution in [-0.2, 0) is 0 Å². The summed E-state index contributed by atoms with van der Waals surface area (Å²) in [6, 6.07) is 20.1. The first-order valence-electron chi connectivity index (χ1n) is 10.8. The van der Waals surface area contributed by atoms with Gasteiger partial charge in [-0.25, -0.2) is 4.68 Å². The van der Waals surface area contributed by atoms with Crippen molar-refractivity contribution in [2.75, 3.05) is 12.0 Å². The Bertz CT molecular complexity index is 1370. The number of carbonyl (C=O) groups excluding carboxylic acids is 1. The number of nitrogens with zero attached hydrogens (tertiary/aromatic N) is 5. The lowest BCUT2D eigenvalue weighted by atomic mass is 9.91. The first kappa shape index (κ1) is 22.5. The molecular weight excluding hydrogens is 470 g/mol. The van der Waals surface area contributed by atoms with Gasteiger partial charge in [0.2, 0.25) is 5.95 Å². The summed E-state index contributed by atoms with van der Waals surface area (Å²) in [4.78, 5) is 30.3. The number of anilines is 1. The van der Waals surface area contributed by atoms with Crippen LogP contribution in [0.4, 0.5) is 11.6 Å². The van der Waals surface area contributed by atoms with Crippen molar-refractivity contribution >= 4 is 29.1 Å². The quantitative estimate of drug-likeness (QED) is 0.281. The normalized spacial score (nSPS) is 17.0. The minimum Gasteiger partial charge on any atom is -0.497 e. The van der Waals surface area contributed by atoms with Gasteiger partial charge in [0.15, 0.2) is 0 Å². The number of aromatic nitrogens is 3. The molecule has 2 unspecified atom stereocenters. The molecule has 0 radical (unpaired) electrons. The van der Waals surface area contributed by atoms with Gasteiger partial charge in [-0.1, -0.05) is 35.9 Å². The molecule has 1 aliphatic heterocycles. The van der Waals surface area contributed by atoms with Gasteiger partial charge in [-0.2, -0.15) is 10.1 Å². The van der Waals surface area contributed by atoms with Gasteiger partial charge in [-0.3, -0.25) is 19.8 Å².